The van der Waals surface area contributed by atoms with Crippen LogP contribution in [-0.4, -0.2) is 52.8 Å². The van der Waals surface area contributed by atoms with Crippen molar-refractivity contribution >= 4 is 11.8 Å². The molecule has 0 aliphatic carbocycles. The summed E-state index contributed by atoms with van der Waals surface area (Å²) < 4.78 is 0. The summed E-state index contributed by atoms with van der Waals surface area (Å²) in [6.45, 7) is 6.17. The first-order valence-electron chi connectivity index (χ1n) is 13.8. The number of likely N-dealkylation sites (tertiary alicyclic amines) is 2. The van der Waals surface area contributed by atoms with Crippen molar-refractivity contribution in [1.82, 2.24) is 20.1 Å². The molecule has 0 radical (unpaired) electrons. The number of nitrogens with zero attached hydrogens (tertiary/aromatic N) is 3. The van der Waals surface area contributed by atoms with Gasteiger partial charge in [0.15, 0.2) is 0 Å². The Morgan fingerprint density at radius 1 is 0.921 bits per heavy atom. The van der Waals surface area contributed by atoms with E-state index in [1.807, 2.05) is 78.7 Å². The summed E-state index contributed by atoms with van der Waals surface area (Å²) in [6, 6.07) is 24.1. The second-order valence-electron chi connectivity index (χ2n) is 10.9. The molecule has 3 aromatic rings. The summed E-state index contributed by atoms with van der Waals surface area (Å²) in [5, 5.41) is 3.32. The van der Waals surface area contributed by atoms with E-state index in [0.717, 1.165) is 68.6 Å². The largest absolute Gasteiger partial charge is 0.349 e. The number of carbonyl (C=O) groups excluding carboxylic acids is 2. The van der Waals surface area contributed by atoms with E-state index < -0.39 is 0 Å². The third-order valence-electron chi connectivity index (χ3n) is 8.46. The summed E-state index contributed by atoms with van der Waals surface area (Å²) in [4.78, 5) is 35.2. The van der Waals surface area contributed by atoms with Crippen LogP contribution in [0.15, 0.2) is 85.2 Å². The van der Waals surface area contributed by atoms with Gasteiger partial charge in [-0.25, -0.2) is 0 Å². The van der Waals surface area contributed by atoms with Crippen LogP contribution in [0, 0.1) is 5.41 Å². The Morgan fingerprint density at radius 3 is 2.24 bits per heavy atom. The molecule has 1 aromatic heterocycles. The zero-order valence-corrected chi connectivity index (χ0v) is 22.3. The molecule has 2 saturated heterocycles. The molecule has 2 amide bonds. The number of amides is 2. The lowest BCUT2D eigenvalue weighted by Gasteiger charge is -2.38. The average Bonchev–Trinajstić information content (AvgIpc) is 3.26. The fourth-order valence-corrected chi connectivity index (χ4v) is 5.93. The molecule has 2 fully saturated rings. The molecule has 6 nitrogen and oxygen atoms in total. The molecule has 6 heteroatoms. The molecule has 2 atom stereocenters. The molecule has 1 N–H and O–H groups in total. The first-order valence-corrected chi connectivity index (χ1v) is 13.8. The van der Waals surface area contributed by atoms with Crippen molar-refractivity contribution in [1.29, 1.82) is 0 Å². The molecule has 0 bridgehead atoms. The second-order valence-corrected chi connectivity index (χ2v) is 10.9. The van der Waals surface area contributed by atoms with E-state index in [1.54, 1.807) is 6.20 Å². The molecule has 0 unspecified atom stereocenters. The van der Waals surface area contributed by atoms with Crippen molar-refractivity contribution in [2.24, 2.45) is 5.41 Å². The molecule has 1 spiro atoms. The molecule has 2 aliphatic heterocycles. The Hall–Kier alpha value is -3.51. The van der Waals surface area contributed by atoms with Gasteiger partial charge in [0.25, 0.3) is 0 Å². The van der Waals surface area contributed by atoms with Crippen molar-refractivity contribution < 1.29 is 9.59 Å². The van der Waals surface area contributed by atoms with E-state index >= 15 is 0 Å². The van der Waals surface area contributed by atoms with Gasteiger partial charge in [0, 0.05) is 32.0 Å². The van der Waals surface area contributed by atoms with Crippen molar-refractivity contribution in [3.8, 4) is 0 Å². The van der Waals surface area contributed by atoms with Gasteiger partial charge >= 0.3 is 0 Å². The van der Waals surface area contributed by atoms with Gasteiger partial charge in [0.1, 0.15) is 0 Å². The molecule has 38 heavy (non-hydrogen) atoms. The number of carbonyl (C=O) groups is 2. The van der Waals surface area contributed by atoms with Crippen molar-refractivity contribution in [3.63, 3.8) is 0 Å². The quantitative estimate of drug-likeness (QED) is 0.443. The van der Waals surface area contributed by atoms with Crippen LogP contribution in [0.4, 0.5) is 0 Å². The minimum absolute atomic E-state index is 0.0474. The van der Waals surface area contributed by atoms with Crippen LogP contribution in [0.25, 0.3) is 0 Å². The summed E-state index contributed by atoms with van der Waals surface area (Å²) in [5.74, 6) is 0.151. The Labute approximate surface area is 226 Å². The highest BCUT2D eigenvalue weighted by atomic mass is 16.2. The highest BCUT2D eigenvalue weighted by molar-refractivity contribution is 5.85. The van der Waals surface area contributed by atoms with Crippen molar-refractivity contribution in [3.05, 3.63) is 102 Å². The zero-order valence-electron chi connectivity index (χ0n) is 22.3. The summed E-state index contributed by atoms with van der Waals surface area (Å²) in [7, 11) is 0. The third-order valence-corrected chi connectivity index (χ3v) is 8.46. The first-order chi connectivity index (χ1) is 18.5. The smallest absolute Gasteiger partial charge is 0.229 e. The number of hydrogen-bond donors (Lipinski definition) is 1. The number of nitrogens with one attached hydrogen (secondary N) is 1. The van der Waals surface area contributed by atoms with Gasteiger partial charge in [-0.1, -0.05) is 66.7 Å². The van der Waals surface area contributed by atoms with Gasteiger partial charge in [-0.3, -0.25) is 14.6 Å². The Bertz CT molecular complexity index is 1190. The summed E-state index contributed by atoms with van der Waals surface area (Å²) >= 11 is 0. The molecule has 2 aromatic carbocycles. The molecule has 198 valence electrons. The van der Waals surface area contributed by atoms with E-state index in [0.29, 0.717) is 12.5 Å². The zero-order chi connectivity index (χ0) is 26.4. The first kappa shape index (κ1) is 26.1. The number of piperidine rings is 1. The third kappa shape index (κ3) is 5.97. The lowest BCUT2D eigenvalue weighted by Crippen LogP contribution is -2.45. The van der Waals surface area contributed by atoms with Crippen LogP contribution in [0.3, 0.4) is 0 Å². The molecule has 3 heterocycles. The Kier molecular flexibility index (Phi) is 8.18. The molecule has 2 aliphatic rings. The highest BCUT2D eigenvalue weighted by Crippen LogP contribution is 2.42. The number of rotatable bonds is 9. The van der Waals surface area contributed by atoms with Gasteiger partial charge in [0.2, 0.25) is 11.8 Å². The fourth-order valence-electron chi connectivity index (χ4n) is 5.93. The molecular weight excluding hydrogens is 472 g/mol. The number of benzene rings is 2. The van der Waals surface area contributed by atoms with Gasteiger partial charge < -0.3 is 15.1 Å². The standard InChI is InChI=1S/C32H38N4O2/c1-25(27-10-4-2-5-11-27)30(37)34-29(28-12-6-3-7-13-28)14-19-35-20-15-32(16-21-35)17-22-36(31(32)38)24-26-9-8-18-33-23-26/h2-13,18,23,25,29H,14-17,19-22,24H2,1H3,(H,34,37)/t25-,29-/m0/s1. The van der Waals surface area contributed by atoms with Gasteiger partial charge in [-0.2, -0.15) is 0 Å². The van der Waals surface area contributed by atoms with Gasteiger partial charge in [-0.15, -0.1) is 0 Å². The maximum atomic E-state index is 13.4. The molecular formula is C32H38N4O2. The highest BCUT2D eigenvalue weighted by Gasteiger charge is 2.47. The van der Waals surface area contributed by atoms with E-state index in [2.05, 4.69) is 27.3 Å². The normalized spacial score (nSPS) is 18.9. The second kappa shape index (κ2) is 11.9. The maximum absolute atomic E-state index is 13.4. The number of pyridine rings is 1. The van der Waals surface area contributed by atoms with Gasteiger partial charge in [-0.05, 0) is 68.5 Å². The van der Waals surface area contributed by atoms with Crippen molar-refractivity contribution in [2.75, 3.05) is 26.2 Å². The van der Waals surface area contributed by atoms with Gasteiger partial charge in [0.05, 0.1) is 17.4 Å². The van der Waals surface area contributed by atoms with Crippen LogP contribution < -0.4 is 5.32 Å². The van der Waals surface area contributed by atoms with Crippen LogP contribution >= 0.6 is 0 Å². The van der Waals surface area contributed by atoms with Crippen molar-refractivity contribution in [2.45, 2.75) is 51.1 Å². The maximum Gasteiger partial charge on any atom is 0.229 e. The van der Waals surface area contributed by atoms with E-state index in [1.165, 1.54) is 0 Å². The lowest BCUT2D eigenvalue weighted by atomic mass is 9.77. The van der Waals surface area contributed by atoms with E-state index in [4.69, 9.17) is 0 Å². The predicted octanol–water partition coefficient (Wildman–Crippen LogP) is 4.95. The fraction of sp³-hybridized carbons (Fsp3) is 0.406. The van der Waals surface area contributed by atoms with Crippen LogP contribution in [-0.2, 0) is 16.1 Å². The Balaban J connectivity index is 1.16. The average molecular weight is 511 g/mol. The van der Waals surface area contributed by atoms with Crippen LogP contribution in [0.5, 0.6) is 0 Å². The van der Waals surface area contributed by atoms with E-state index in [9.17, 15) is 9.59 Å². The predicted molar refractivity (Wildman–Crippen MR) is 149 cm³/mol. The van der Waals surface area contributed by atoms with Crippen LogP contribution in [0.2, 0.25) is 0 Å². The summed E-state index contributed by atoms with van der Waals surface area (Å²) in [6.07, 6.45) is 7.21. The lowest BCUT2D eigenvalue weighted by molar-refractivity contribution is -0.139. The minimum Gasteiger partial charge on any atom is -0.349 e. The molecule has 5 rings (SSSR count). The SMILES string of the molecule is C[C@H](C(=O)N[C@@H](CCN1CCC2(CC1)CCN(Cc1cccnc1)C2=O)c1ccccc1)c1ccccc1. The number of aromatic nitrogens is 1. The Morgan fingerprint density at radius 2 is 1.58 bits per heavy atom. The minimum atomic E-state index is -0.211. The van der Waals surface area contributed by atoms with Crippen LogP contribution in [0.1, 0.15) is 61.3 Å². The number of hydrogen-bond acceptors (Lipinski definition) is 4. The topological polar surface area (TPSA) is 65.5 Å². The molecule has 0 saturated carbocycles. The summed E-state index contributed by atoms with van der Waals surface area (Å²) in [5.41, 5.74) is 3.03. The monoisotopic (exact) mass is 510 g/mol. The van der Waals surface area contributed by atoms with E-state index in [-0.39, 0.29) is 23.3 Å².